The molecule has 2 saturated heterocycles. The minimum Gasteiger partial charge on any atom is -0.377 e. The van der Waals surface area contributed by atoms with Crippen LogP contribution in [0, 0.1) is 5.92 Å². The van der Waals surface area contributed by atoms with Gasteiger partial charge in [0.25, 0.3) is 0 Å². The maximum absolute atomic E-state index is 12.9. The minimum absolute atomic E-state index is 0.0552. The Morgan fingerprint density at radius 3 is 2.75 bits per heavy atom. The van der Waals surface area contributed by atoms with Crippen molar-refractivity contribution >= 4 is 5.91 Å². The molecule has 2 atom stereocenters. The van der Waals surface area contributed by atoms with Crippen LogP contribution < -0.4 is 0 Å². The van der Waals surface area contributed by atoms with Crippen molar-refractivity contribution in [3.8, 4) is 0 Å². The average molecular weight is 334 g/mol. The number of piperidine rings is 1. The highest BCUT2D eigenvalue weighted by atomic mass is 16.5. The fourth-order valence-corrected chi connectivity index (χ4v) is 4.06. The predicted molar refractivity (Wildman–Crippen MR) is 91.7 cm³/mol. The molecule has 134 valence electrons. The van der Waals surface area contributed by atoms with Crippen LogP contribution in [0.3, 0.4) is 0 Å². The normalized spacial score (nSPS) is 26.1. The van der Waals surface area contributed by atoms with Gasteiger partial charge in [-0.05, 0) is 46.0 Å². The number of hydrogen-bond donors (Lipinski definition) is 0. The molecule has 24 heavy (non-hydrogen) atoms. The molecule has 0 bridgehead atoms. The zero-order chi connectivity index (χ0) is 17.1. The molecule has 0 unspecified atom stereocenters. The Hall–Kier alpha value is -1.43. The SMILES string of the molecule is CC[C@H]1OCCC[C@H]1C(=O)N1CCC(c2nncn2C(C)C)CC1. The Morgan fingerprint density at radius 1 is 1.33 bits per heavy atom. The van der Waals surface area contributed by atoms with E-state index in [1.165, 1.54) is 0 Å². The lowest BCUT2D eigenvalue weighted by Crippen LogP contribution is -2.46. The second-order valence-electron chi connectivity index (χ2n) is 7.36. The summed E-state index contributed by atoms with van der Waals surface area (Å²) in [6.45, 7) is 8.86. The van der Waals surface area contributed by atoms with Crippen molar-refractivity contribution in [2.45, 2.75) is 70.9 Å². The first kappa shape index (κ1) is 17.4. The lowest BCUT2D eigenvalue weighted by Gasteiger charge is -2.37. The fourth-order valence-electron chi connectivity index (χ4n) is 4.06. The van der Waals surface area contributed by atoms with Gasteiger partial charge in [0.1, 0.15) is 12.2 Å². The molecule has 1 aromatic heterocycles. The van der Waals surface area contributed by atoms with Gasteiger partial charge in [-0.25, -0.2) is 0 Å². The third-order valence-electron chi connectivity index (χ3n) is 5.49. The number of rotatable bonds is 4. The third kappa shape index (κ3) is 3.48. The molecule has 0 aromatic carbocycles. The minimum atomic E-state index is 0.0552. The van der Waals surface area contributed by atoms with E-state index in [-0.39, 0.29) is 12.0 Å². The van der Waals surface area contributed by atoms with E-state index in [4.69, 9.17) is 4.74 Å². The lowest BCUT2D eigenvalue weighted by molar-refractivity contribution is -0.146. The molecule has 6 nitrogen and oxygen atoms in total. The maximum Gasteiger partial charge on any atom is 0.228 e. The Kier molecular flexibility index (Phi) is 5.54. The largest absolute Gasteiger partial charge is 0.377 e. The van der Waals surface area contributed by atoms with Gasteiger partial charge in [0.2, 0.25) is 5.91 Å². The molecule has 3 rings (SSSR count). The van der Waals surface area contributed by atoms with Gasteiger partial charge in [0.05, 0.1) is 12.0 Å². The number of hydrogen-bond acceptors (Lipinski definition) is 4. The van der Waals surface area contributed by atoms with Crippen molar-refractivity contribution in [2.24, 2.45) is 5.92 Å². The Bertz CT molecular complexity index is 549. The summed E-state index contributed by atoms with van der Waals surface area (Å²) in [4.78, 5) is 15.0. The summed E-state index contributed by atoms with van der Waals surface area (Å²) >= 11 is 0. The fraction of sp³-hybridized carbons (Fsp3) is 0.833. The molecule has 0 spiro atoms. The number of amides is 1. The number of aromatic nitrogens is 3. The molecule has 0 radical (unpaired) electrons. The quantitative estimate of drug-likeness (QED) is 0.849. The van der Waals surface area contributed by atoms with E-state index in [1.807, 2.05) is 6.33 Å². The summed E-state index contributed by atoms with van der Waals surface area (Å²) in [5, 5.41) is 8.42. The van der Waals surface area contributed by atoms with Gasteiger partial charge in [-0.15, -0.1) is 10.2 Å². The van der Waals surface area contributed by atoms with Crippen molar-refractivity contribution in [2.75, 3.05) is 19.7 Å². The van der Waals surface area contributed by atoms with E-state index < -0.39 is 0 Å². The van der Waals surface area contributed by atoms with Crippen LogP contribution in [0.15, 0.2) is 6.33 Å². The van der Waals surface area contributed by atoms with Gasteiger partial charge in [-0.1, -0.05) is 6.92 Å². The molecule has 2 fully saturated rings. The summed E-state index contributed by atoms with van der Waals surface area (Å²) in [7, 11) is 0. The second-order valence-corrected chi connectivity index (χ2v) is 7.36. The molecular weight excluding hydrogens is 304 g/mol. The first-order valence-corrected chi connectivity index (χ1v) is 9.41. The van der Waals surface area contributed by atoms with E-state index >= 15 is 0 Å². The molecule has 6 heteroatoms. The highest BCUT2D eigenvalue weighted by molar-refractivity contribution is 5.79. The van der Waals surface area contributed by atoms with Crippen LogP contribution in [0.4, 0.5) is 0 Å². The first-order valence-electron chi connectivity index (χ1n) is 9.41. The van der Waals surface area contributed by atoms with E-state index in [9.17, 15) is 4.79 Å². The van der Waals surface area contributed by atoms with E-state index in [2.05, 4.69) is 40.4 Å². The number of carbonyl (C=O) groups is 1. The zero-order valence-corrected chi connectivity index (χ0v) is 15.1. The molecule has 2 aliphatic rings. The highest BCUT2D eigenvalue weighted by Crippen LogP contribution is 2.31. The summed E-state index contributed by atoms with van der Waals surface area (Å²) in [6, 6.07) is 0.374. The topological polar surface area (TPSA) is 60.2 Å². The van der Waals surface area contributed by atoms with E-state index in [0.29, 0.717) is 17.9 Å². The molecular formula is C18H30N4O2. The van der Waals surface area contributed by atoms with Crippen LogP contribution >= 0.6 is 0 Å². The Balaban J connectivity index is 1.60. The second kappa shape index (κ2) is 7.64. The van der Waals surface area contributed by atoms with Crippen LogP contribution in [-0.2, 0) is 9.53 Å². The Morgan fingerprint density at radius 2 is 2.08 bits per heavy atom. The summed E-state index contributed by atoms with van der Waals surface area (Å²) in [6.07, 6.45) is 6.77. The van der Waals surface area contributed by atoms with Crippen LogP contribution in [-0.4, -0.2) is 51.4 Å². The van der Waals surface area contributed by atoms with Gasteiger partial charge in [0, 0.05) is 31.7 Å². The van der Waals surface area contributed by atoms with Crippen molar-refractivity contribution in [1.82, 2.24) is 19.7 Å². The van der Waals surface area contributed by atoms with E-state index in [0.717, 1.165) is 57.6 Å². The molecule has 1 aromatic rings. The number of likely N-dealkylation sites (tertiary alicyclic amines) is 1. The number of nitrogens with zero attached hydrogens (tertiary/aromatic N) is 4. The standard InChI is InChI=1S/C18H30N4O2/c1-4-16-15(6-5-11-24-16)18(23)21-9-7-14(8-10-21)17-20-19-12-22(17)13(2)3/h12-16H,4-11H2,1-3H3/t15-,16-/m1/s1. The van der Waals surface area contributed by atoms with Gasteiger partial charge in [-0.3, -0.25) is 4.79 Å². The van der Waals surface area contributed by atoms with Crippen molar-refractivity contribution < 1.29 is 9.53 Å². The molecule has 1 amide bonds. The van der Waals surface area contributed by atoms with Gasteiger partial charge in [0.15, 0.2) is 0 Å². The lowest BCUT2D eigenvalue weighted by atomic mass is 9.89. The molecule has 2 aliphatic heterocycles. The molecule has 0 aliphatic carbocycles. The number of carbonyl (C=O) groups excluding carboxylic acids is 1. The van der Waals surface area contributed by atoms with Gasteiger partial charge >= 0.3 is 0 Å². The average Bonchev–Trinajstić information content (AvgIpc) is 3.11. The van der Waals surface area contributed by atoms with Crippen LogP contribution in [0.5, 0.6) is 0 Å². The first-order chi connectivity index (χ1) is 11.6. The maximum atomic E-state index is 12.9. The molecule has 3 heterocycles. The monoisotopic (exact) mass is 334 g/mol. The molecule has 0 N–H and O–H groups in total. The van der Waals surface area contributed by atoms with Crippen molar-refractivity contribution in [1.29, 1.82) is 0 Å². The predicted octanol–water partition coefficient (Wildman–Crippen LogP) is 2.77. The van der Waals surface area contributed by atoms with Crippen LogP contribution in [0.2, 0.25) is 0 Å². The summed E-state index contributed by atoms with van der Waals surface area (Å²) in [5.74, 6) is 1.83. The number of ether oxygens (including phenoxy) is 1. The summed E-state index contributed by atoms with van der Waals surface area (Å²) in [5.41, 5.74) is 0. The highest BCUT2D eigenvalue weighted by Gasteiger charge is 2.35. The Labute approximate surface area is 144 Å². The van der Waals surface area contributed by atoms with Gasteiger partial charge in [-0.2, -0.15) is 0 Å². The van der Waals surface area contributed by atoms with Crippen LogP contribution in [0.25, 0.3) is 0 Å². The van der Waals surface area contributed by atoms with Crippen molar-refractivity contribution in [3.63, 3.8) is 0 Å². The zero-order valence-electron chi connectivity index (χ0n) is 15.1. The van der Waals surface area contributed by atoms with Crippen molar-refractivity contribution in [3.05, 3.63) is 12.2 Å². The van der Waals surface area contributed by atoms with Gasteiger partial charge < -0.3 is 14.2 Å². The third-order valence-corrected chi connectivity index (χ3v) is 5.49. The summed E-state index contributed by atoms with van der Waals surface area (Å²) < 4.78 is 7.96. The van der Waals surface area contributed by atoms with E-state index in [1.54, 1.807) is 0 Å². The molecule has 0 saturated carbocycles. The van der Waals surface area contributed by atoms with Crippen LogP contribution in [0.1, 0.15) is 70.7 Å². The smallest absolute Gasteiger partial charge is 0.228 e.